The monoisotopic (exact) mass is 589 g/mol. The van der Waals surface area contributed by atoms with Crippen LogP contribution in [-0.4, -0.2) is 64.1 Å². The molecule has 0 aromatic heterocycles. The fraction of sp³-hybridized carbons (Fsp3) is 0.429. The van der Waals surface area contributed by atoms with Crippen molar-refractivity contribution in [2.75, 3.05) is 23.7 Å². The van der Waals surface area contributed by atoms with Crippen molar-refractivity contribution in [3.63, 3.8) is 0 Å². The van der Waals surface area contributed by atoms with Gasteiger partial charge in [-0.3, -0.25) is 19.4 Å². The number of amides is 5. The number of aryl methyl sites for hydroxylation is 1. The van der Waals surface area contributed by atoms with Crippen LogP contribution >= 0.6 is 23.2 Å². The van der Waals surface area contributed by atoms with Gasteiger partial charge in [-0.05, 0) is 61.6 Å². The van der Waals surface area contributed by atoms with E-state index in [4.69, 9.17) is 23.2 Å². The maximum absolute atomic E-state index is 13.8. The van der Waals surface area contributed by atoms with E-state index in [2.05, 4.69) is 16.0 Å². The van der Waals surface area contributed by atoms with Crippen LogP contribution in [0, 0.1) is 12.8 Å². The number of nitrogens with one attached hydrogen (secondary N) is 3. The van der Waals surface area contributed by atoms with Gasteiger partial charge in [0, 0.05) is 30.5 Å². The van der Waals surface area contributed by atoms with E-state index in [1.807, 2.05) is 13.0 Å². The number of carbonyl (C=O) groups excluding carboxylic acids is 3. The van der Waals surface area contributed by atoms with Crippen LogP contribution in [0.3, 0.4) is 0 Å². The molecule has 2 aromatic rings. The lowest BCUT2D eigenvalue weighted by atomic mass is 9.82. The highest BCUT2D eigenvalue weighted by Gasteiger charge is 2.44. The van der Waals surface area contributed by atoms with Crippen LogP contribution in [0.15, 0.2) is 42.5 Å². The van der Waals surface area contributed by atoms with Crippen molar-refractivity contribution in [2.45, 2.75) is 57.7 Å². The number of hydrogen-bond donors (Lipinski definition) is 4. The van der Waals surface area contributed by atoms with E-state index in [-0.39, 0.29) is 30.5 Å². The van der Waals surface area contributed by atoms with Gasteiger partial charge in [-0.25, -0.2) is 9.59 Å². The van der Waals surface area contributed by atoms with Gasteiger partial charge in [0.15, 0.2) is 6.17 Å². The van der Waals surface area contributed by atoms with E-state index in [9.17, 15) is 24.3 Å². The second-order valence-corrected chi connectivity index (χ2v) is 11.0. The van der Waals surface area contributed by atoms with Gasteiger partial charge in [-0.2, -0.15) is 0 Å². The quantitative estimate of drug-likeness (QED) is 0.336. The number of anilines is 2. The van der Waals surface area contributed by atoms with Gasteiger partial charge in [-0.1, -0.05) is 54.6 Å². The maximum Gasteiger partial charge on any atom is 0.323 e. The summed E-state index contributed by atoms with van der Waals surface area (Å²) in [6, 6.07) is 10.0. The van der Waals surface area contributed by atoms with Gasteiger partial charge in [0.05, 0.1) is 16.5 Å². The minimum Gasteiger partial charge on any atom is -0.481 e. The number of carboxylic acids is 1. The highest BCUT2D eigenvalue weighted by atomic mass is 35.5. The molecule has 1 aliphatic heterocycles. The molecule has 2 unspecified atom stereocenters. The number of carbonyl (C=O) groups is 4. The summed E-state index contributed by atoms with van der Waals surface area (Å²) in [5.41, 5.74) is 1.86. The first-order valence-corrected chi connectivity index (χ1v) is 14.1. The molecule has 2 fully saturated rings. The minimum absolute atomic E-state index is 0.00302. The SMILES string of the molecule is Cc1cccc(NC(=O)N2CCN(C(=O)Nc3ccc(Cl)c(Cl)c3)C2C(=O)NC(CC(=O)O)C2CCCCC2)c1. The standard InChI is InChI=1S/C28H33Cl2N5O5/c1-17-6-5-9-19(14-17)31-27(39)34-12-13-35(28(40)32-20-10-11-21(29)22(30)15-20)26(34)25(38)33-23(16-24(36)37)18-7-3-2-4-8-18/h5-6,9-11,14-15,18,23,26H,2-4,7-8,12-13,16H2,1H3,(H,31,39)(H,32,40)(H,33,38)(H,36,37). The molecule has 1 saturated carbocycles. The van der Waals surface area contributed by atoms with Crippen molar-refractivity contribution in [1.29, 1.82) is 0 Å². The number of nitrogens with zero attached hydrogens (tertiary/aromatic N) is 2. The zero-order chi connectivity index (χ0) is 28.8. The van der Waals surface area contributed by atoms with Crippen LogP contribution in [0.5, 0.6) is 0 Å². The molecule has 4 rings (SSSR count). The molecule has 0 radical (unpaired) electrons. The molecular weight excluding hydrogens is 557 g/mol. The van der Waals surface area contributed by atoms with Crippen molar-refractivity contribution in [3.8, 4) is 0 Å². The average molecular weight is 591 g/mol. The third-order valence-electron chi connectivity index (χ3n) is 7.31. The summed E-state index contributed by atoms with van der Waals surface area (Å²) in [7, 11) is 0. The molecule has 1 heterocycles. The summed E-state index contributed by atoms with van der Waals surface area (Å²) in [4.78, 5) is 54.7. The molecule has 2 aromatic carbocycles. The van der Waals surface area contributed by atoms with Gasteiger partial charge in [-0.15, -0.1) is 0 Å². The van der Waals surface area contributed by atoms with Crippen LogP contribution in [0.4, 0.5) is 21.0 Å². The molecule has 5 amide bonds. The third-order valence-corrected chi connectivity index (χ3v) is 8.05. The van der Waals surface area contributed by atoms with E-state index >= 15 is 0 Å². The molecule has 2 aliphatic rings. The van der Waals surface area contributed by atoms with E-state index in [1.165, 1.54) is 21.9 Å². The second-order valence-electron chi connectivity index (χ2n) is 10.2. The molecule has 2 atom stereocenters. The Kier molecular flexibility index (Phi) is 9.76. The molecule has 40 heavy (non-hydrogen) atoms. The van der Waals surface area contributed by atoms with Crippen LogP contribution in [0.25, 0.3) is 0 Å². The van der Waals surface area contributed by atoms with Crippen molar-refractivity contribution >= 4 is 58.5 Å². The predicted molar refractivity (Wildman–Crippen MR) is 154 cm³/mol. The molecule has 4 N–H and O–H groups in total. The number of aliphatic carboxylic acids is 1. The zero-order valence-corrected chi connectivity index (χ0v) is 23.7. The number of carboxylic acid groups (broad SMARTS) is 1. The first-order chi connectivity index (χ1) is 19.1. The molecule has 1 saturated heterocycles. The fourth-order valence-corrected chi connectivity index (χ4v) is 5.64. The number of hydrogen-bond acceptors (Lipinski definition) is 4. The van der Waals surface area contributed by atoms with Gasteiger partial charge >= 0.3 is 18.0 Å². The zero-order valence-electron chi connectivity index (χ0n) is 22.2. The van der Waals surface area contributed by atoms with E-state index in [1.54, 1.807) is 24.3 Å². The Balaban J connectivity index is 1.58. The summed E-state index contributed by atoms with van der Waals surface area (Å²) in [6.45, 7) is 2.07. The summed E-state index contributed by atoms with van der Waals surface area (Å²) >= 11 is 12.1. The Bertz CT molecular complexity index is 1270. The molecule has 214 valence electrons. The molecule has 12 heteroatoms. The Morgan fingerprint density at radius 2 is 1.52 bits per heavy atom. The van der Waals surface area contributed by atoms with Crippen molar-refractivity contribution in [1.82, 2.24) is 15.1 Å². The largest absolute Gasteiger partial charge is 0.481 e. The first kappa shape index (κ1) is 29.5. The maximum atomic E-state index is 13.8. The number of urea groups is 2. The Morgan fingerprint density at radius 3 is 2.10 bits per heavy atom. The average Bonchev–Trinajstić information content (AvgIpc) is 3.37. The normalized spacial score (nSPS) is 18.2. The lowest BCUT2D eigenvalue weighted by Crippen LogP contribution is -2.58. The first-order valence-electron chi connectivity index (χ1n) is 13.3. The fourth-order valence-electron chi connectivity index (χ4n) is 5.34. The van der Waals surface area contributed by atoms with Crippen LogP contribution in [-0.2, 0) is 9.59 Å². The minimum atomic E-state index is -1.30. The Morgan fingerprint density at radius 1 is 0.900 bits per heavy atom. The smallest absolute Gasteiger partial charge is 0.323 e. The second kappa shape index (κ2) is 13.2. The molecule has 0 spiro atoms. The van der Waals surface area contributed by atoms with E-state index in [0.29, 0.717) is 16.4 Å². The van der Waals surface area contributed by atoms with Crippen molar-refractivity contribution < 1.29 is 24.3 Å². The van der Waals surface area contributed by atoms with Gasteiger partial charge in [0.25, 0.3) is 5.91 Å². The highest BCUT2D eigenvalue weighted by Crippen LogP contribution is 2.29. The topological polar surface area (TPSA) is 131 Å². The van der Waals surface area contributed by atoms with Crippen molar-refractivity contribution in [3.05, 3.63) is 58.1 Å². The summed E-state index contributed by atoms with van der Waals surface area (Å²) in [6.07, 6.45) is 3.07. The number of benzene rings is 2. The Hall–Kier alpha value is -3.50. The lowest BCUT2D eigenvalue weighted by Gasteiger charge is -2.34. The number of halogens is 2. The van der Waals surface area contributed by atoms with E-state index in [0.717, 1.165) is 37.7 Å². The van der Waals surface area contributed by atoms with Crippen molar-refractivity contribution in [2.24, 2.45) is 5.92 Å². The van der Waals surface area contributed by atoms with Crippen LogP contribution in [0.1, 0.15) is 44.1 Å². The van der Waals surface area contributed by atoms with Crippen LogP contribution < -0.4 is 16.0 Å². The molecule has 1 aliphatic carbocycles. The lowest BCUT2D eigenvalue weighted by molar-refractivity contribution is -0.138. The van der Waals surface area contributed by atoms with Gasteiger partial charge in [0.2, 0.25) is 0 Å². The predicted octanol–water partition coefficient (Wildman–Crippen LogP) is 5.55. The van der Waals surface area contributed by atoms with Crippen LogP contribution in [0.2, 0.25) is 10.0 Å². The van der Waals surface area contributed by atoms with Gasteiger partial charge in [0.1, 0.15) is 0 Å². The summed E-state index contributed by atoms with van der Waals surface area (Å²) < 4.78 is 0. The summed E-state index contributed by atoms with van der Waals surface area (Å²) in [5.74, 6) is -1.63. The molecule has 0 bridgehead atoms. The third kappa shape index (κ3) is 7.37. The van der Waals surface area contributed by atoms with Gasteiger partial charge < -0.3 is 21.1 Å². The molecular formula is C28H33Cl2N5O5. The highest BCUT2D eigenvalue weighted by molar-refractivity contribution is 6.42. The number of rotatable bonds is 7. The Labute approximate surface area is 243 Å². The van der Waals surface area contributed by atoms with E-state index < -0.39 is 36.1 Å². The molecule has 10 nitrogen and oxygen atoms in total. The summed E-state index contributed by atoms with van der Waals surface area (Å²) in [5, 5.41) is 18.5.